The molecule has 0 saturated heterocycles. The van der Waals surface area contributed by atoms with Crippen molar-refractivity contribution in [3.8, 4) is 5.75 Å². The van der Waals surface area contributed by atoms with Crippen LogP contribution in [0.1, 0.15) is 13.3 Å². The fourth-order valence-corrected chi connectivity index (χ4v) is 1.75. The first-order valence-corrected chi connectivity index (χ1v) is 6.67. The second-order valence-corrected chi connectivity index (χ2v) is 4.48. The predicted octanol–water partition coefficient (Wildman–Crippen LogP) is 2.13. The minimum absolute atomic E-state index is 0.0387. The van der Waals surface area contributed by atoms with E-state index in [0.717, 1.165) is 0 Å². The summed E-state index contributed by atoms with van der Waals surface area (Å²) >= 11 is 5.83. The summed E-state index contributed by atoms with van der Waals surface area (Å²) in [7, 11) is 1.29. The van der Waals surface area contributed by atoms with Gasteiger partial charge in [-0.1, -0.05) is 17.7 Å². The van der Waals surface area contributed by atoms with Gasteiger partial charge >= 0.3 is 5.97 Å². The summed E-state index contributed by atoms with van der Waals surface area (Å²) in [5.74, 6) is 0.0252. The van der Waals surface area contributed by atoms with Crippen molar-refractivity contribution in [2.45, 2.75) is 13.3 Å². The van der Waals surface area contributed by atoms with Crippen molar-refractivity contribution in [3.05, 3.63) is 29.3 Å². The molecule has 0 saturated carbocycles. The largest absolute Gasteiger partial charge is 0.493 e. The van der Waals surface area contributed by atoms with Crippen molar-refractivity contribution in [1.29, 1.82) is 0 Å². The number of ether oxygens (including phenoxy) is 2. The lowest BCUT2D eigenvalue weighted by atomic mass is 10.3. The smallest absolute Gasteiger partial charge is 0.325 e. The molecule has 0 heterocycles. The first-order valence-electron chi connectivity index (χ1n) is 6.29. The van der Waals surface area contributed by atoms with Gasteiger partial charge in [-0.2, -0.15) is 0 Å². The van der Waals surface area contributed by atoms with E-state index in [-0.39, 0.29) is 25.5 Å². The third-order valence-corrected chi connectivity index (χ3v) is 2.90. The molecule has 5 nitrogen and oxygen atoms in total. The summed E-state index contributed by atoms with van der Waals surface area (Å²) < 4.78 is 9.98. The summed E-state index contributed by atoms with van der Waals surface area (Å²) in [6.07, 6.45) is 0.192. The Morgan fingerprint density at radius 1 is 1.35 bits per heavy atom. The van der Waals surface area contributed by atoms with Crippen LogP contribution >= 0.6 is 11.6 Å². The SMILES string of the molecule is CCN(CC(=O)OC)C(=O)CCOc1cccc(Cl)c1. The molecular formula is C14H18ClNO4. The Hall–Kier alpha value is -1.75. The number of amides is 1. The van der Waals surface area contributed by atoms with Gasteiger partial charge in [0.05, 0.1) is 20.1 Å². The second-order valence-electron chi connectivity index (χ2n) is 4.04. The van der Waals surface area contributed by atoms with Crippen molar-refractivity contribution in [3.63, 3.8) is 0 Å². The van der Waals surface area contributed by atoms with Crippen LogP contribution in [0.15, 0.2) is 24.3 Å². The van der Waals surface area contributed by atoms with Crippen molar-refractivity contribution < 1.29 is 19.1 Å². The number of nitrogens with zero attached hydrogens (tertiary/aromatic N) is 1. The van der Waals surface area contributed by atoms with Gasteiger partial charge in [0.15, 0.2) is 0 Å². The van der Waals surface area contributed by atoms with Crippen LogP contribution in [0.5, 0.6) is 5.75 Å². The van der Waals surface area contributed by atoms with E-state index in [1.165, 1.54) is 12.0 Å². The highest BCUT2D eigenvalue weighted by atomic mass is 35.5. The maximum Gasteiger partial charge on any atom is 0.325 e. The van der Waals surface area contributed by atoms with Gasteiger partial charge in [-0.05, 0) is 25.1 Å². The van der Waals surface area contributed by atoms with Gasteiger partial charge in [0.2, 0.25) is 5.91 Å². The maximum absolute atomic E-state index is 11.9. The van der Waals surface area contributed by atoms with Crippen LogP contribution in [-0.2, 0) is 14.3 Å². The third-order valence-electron chi connectivity index (χ3n) is 2.66. The van der Waals surface area contributed by atoms with Crippen LogP contribution in [-0.4, -0.2) is 43.6 Å². The Morgan fingerprint density at radius 2 is 2.10 bits per heavy atom. The Morgan fingerprint density at radius 3 is 2.70 bits per heavy atom. The van der Waals surface area contributed by atoms with Crippen LogP contribution in [0.4, 0.5) is 0 Å². The minimum atomic E-state index is -0.434. The molecule has 1 amide bonds. The zero-order chi connectivity index (χ0) is 15.0. The number of hydrogen-bond donors (Lipinski definition) is 0. The molecule has 0 unspecified atom stereocenters. The Bertz CT molecular complexity index is 464. The van der Waals surface area contributed by atoms with E-state index >= 15 is 0 Å². The zero-order valence-corrected chi connectivity index (χ0v) is 12.4. The van der Waals surface area contributed by atoms with Crippen LogP contribution in [0.3, 0.4) is 0 Å². The van der Waals surface area contributed by atoms with Gasteiger partial charge < -0.3 is 14.4 Å². The van der Waals surface area contributed by atoms with Crippen molar-refractivity contribution in [2.24, 2.45) is 0 Å². The van der Waals surface area contributed by atoms with Gasteiger partial charge in [0, 0.05) is 11.6 Å². The van der Waals surface area contributed by atoms with Gasteiger partial charge in [-0.3, -0.25) is 9.59 Å². The van der Waals surface area contributed by atoms with Crippen LogP contribution in [0.2, 0.25) is 5.02 Å². The van der Waals surface area contributed by atoms with Gasteiger partial charge in [0.25, 0.3) is 0 Å². The predicted molar refractivity (Wildman–Crippen MR) is 75.8 cm³/mol. The number of esters is 1. The highest BCUT2D eigenvalue weighted by Crippen LogP contribution is 2.17. The molecule has 1 rings (SSSR count). The number of likely N-dealkylation sites (N-methyl/N-ethyl adjacent to an activating group) is 1. The maximum atomic E-state index is 11.9. The van der Waals surface area contributed by atoms with Crippen LogP contribution < -0.4 is 4.74 Å². The number of benzene rings is 1. The summed E-state index contributed by atoms with van der Waals surface area (Å²) in [5.41, 5.74) is 0. The molecule has 20 heavy (non-hydrogen) atoms. The monoisotopic (exact) mass is 299 g/mol. The molecule has 0 radical (unpaired) electrons. The van der Waals surface area contributed by atoms with Crippen molar-refractivity contribution >= 4 is 23.5 Å². The average Bonchev–Trinajstić information content (AvgIpc) is 2.44. The number of carbonyl (C=O) groups is 2. The van der Waals surface area contributed by atoms with E-state index in [1.54, 1.807) is 31.2 Å². The van der Waals surface area contributed by atoms with E-state index in [0.29, 0.717) is 17.3 Å². The topological polar surface area (TPSA) is 55.8 Å². The van der Waals surface area contributed by atoms with Crippen molar-refractivity contribution in [1.82, 2.24) is 4.90 Å². The zero-order valence-electron chi connectivity index (χ0n) is 11.6. The highest BCUT2D eigenvalue weighted by Gasteiger charge is 2.15. The first-order chi connectivity index (χ1) is 9.56. The molecule has 1 aromatic rings. The molecule has 0 bridgehead atoms. The normalized spacial score (nSPS) is 9.95. The van der Waals surface area contributed by atoms with Crippen LogP contribution in [0.25, 0.3) is 0 Å². The number of hydrogen-bond acceptors (Lipinski definition) is 4. The minimum Gasteiger partial charge on any atom is -0.493 e. The van der Waals surface area contributed by atoms with E-state index in [9.17, 15) is 9.59 Å². The van der Waals surface area contributed by atoms with E-state index in [2.05, 4.69) is 4.74 Å². The summed E-state index contributed by atoms with van der Waals surface area (Å²) in [6, 6.07) is 6.96. The molecule has 6 heteroatoms. The summed E-state index contributed by atoms with van der Waals surface area (Å²) in [5, 5.41) is 0.578. The summed E-state index contributed by atoms with van der Waals surface area (Å²) in [4.78, 5) is 24.5. The van der Waals surface area contributed by atoms with Crippen LogP contribution in [0, 0.1) is 0 Å². The van der Waals surface area contributed by atoms with Gasteiger partial charge in [-0.15, -0.1) is 0 Å². The number of carbonyl (C=O) groups excluding carboxylic acids is 2. The quantitative estimate of drug-likeness (QED) is 0.724. The fraction of sp³-hybridized carbons (Fsp3) is 0.429. The van der Waals surface area contributed by atoms with E-state index in [1.807, 2.05) is 0 Å². The number of halogens is 1. The highest BCUT2D eigenvalue weighted by molar-refractivity contribution is 6.30. The van der Waals surface area contributed by atoms with E-state index < -0.39 is 5.97 Å². The Kier molecular flexibility index (Phi) is 6.87. The fourth-order valence-electron chi connectivity index (χ4n) is 1.57. The third kappa shape index (κ3) is 5.48. The number of rotatable bonds is 7. The van der Waals surface area contributed by atoms with Gasteiger partial charge in [-0.25, -0.2) is 0 Å². The molecule has 0 N–H and O–H groups in total. The lowest BCUT2D eigenvalue weighted by Crippen LogP contribution is -2.36. The molecule has 0 atom stereocenters. The van der Waals surface area contributed by atoms with Crippen molar-refractivity contribution in [2.75, 3.05) is 26.8 Å². The molecule has 110 valence electrons. The molecule has 0 aliphatic heterocycles. The molecule has 0 spiro atoms. The molecule has 1 aromatic carbocycles. The summed E-state index contributed by atoms with van der Waals surface area (Å²) in [6.45, 7) is 2.45. The van der Waals surface area contributed by atoms with Gasteiger partial charge in [0.1, 0.15) is 12.3 Å². The lowest BCUT2D eigenvalue weighted by molar-refractivity contribution is -0.147. The lowest BCUT2D eigenvalue weighted by Gasteiger charge is -2.19. The molecule has 0 aromatic heterocycles. The molecule has 0 aliphatic rings. The molecule has 0 aliphatic carbocycles. The standard InChI is InChI=1S/C14H18ClNO4/c1-3-16(10-14(18)19-2)13(17)7-8-20-12-6-4-5-11(15)9-12/h4-6,9H,3,7-8,10H2,1-2H3. The average molecular weight is 300 g/mol. The molecule has 0 fully saturated rings. The second kappa shape index (κ2) is 8.43. The van der Waals surface area contributed by atoms with E-state index in [4.69, 9.17) is 16.3 Å². The number of methoxy groups -OCH3 is 1. The Labute approximate surface area is 123 Å². The first kappa shape index (κ1) is 16.3. The Balaban J connectivity index is 2.39. The molecular weight excluding hydrogens is 282 g/mol.